The van der Waals surface area contributed by atoms with Crippen LogP contribution in [0.25, 0.3) is 0 Å². The van der Waals surface area contributed by atoms with Gasteiger partial charge in [0.25, 0.3) is 0 Å². The Labute approximate surface area is 107 Å². The van der Waals surface area contributed by atoms with Crippen LogP contribution in [-0.4, -0.2) is 16.1 Å². The first-order valence-corrected chi connectivity index (χ1v) is 5.35. The Balaban J connectivity index is 2.25. The maximum atomic E-state index is 13.0. The van der Waals surface area contributed by atoms with Gasteiger partial charge in [0.2, 0.25) is 0 Å². The summed E-state index contributed by atoms with van der Waals surface area (Å²) >= 11 is 5.63. The van der Waals surface area contributed by atoms with Crippen molar-refractivity contribution < 1.29 is 14.3 Å². The molecule has 6 heteroatoms. The molecule has 0 aliphatic rings. The number of rotatable bonds is 3. The lowest BCUT2D eigenvalue weighted by atomic mass is 10.2. The van der Waals surface area contributed by atoms with Crippen molar-refractivity contribution in [1.82, 2.24) is 4.98 Å². The van der Waals surface area contributed by atoms with Crippen LogP contribution >= 0.6 is 11.6 Å². The van der Waals surface area contributed by atoms with Gasteiger partial charge in [0.1, 0.15) is 11.6 Å². The summed E-state index contributed by atoms with van der Waals surface area (Å²) in [6, 6.07) is 6.85. The fraction of sp³-hybridized carbons (Fsp3) is 0. The summed E-state index contributed by atoms with van der Waals surface area (Å²) in [5, 5.41) is 11.7. The standard InChI is InChI=1S/C12H8ClFN2O2/c13-9-6-8(1-2-10(9)14)16-11-5-7(12(17)18)3-4-15-11/h1-6H,(H,15,16)(H,17,18). The summed E-state index contributed by atoms with van der Waals surface area (Å²) in [5.74, 6) is -1.22. The fourth-order valence-electron chi connectivity index (χ4n) is 1.35. The van der Waals surface area contributed by atoms with Gasteiger partial charge < -0.3 is 10.4 Å². The third-order valence-electron chi connectivity index (χ3n) is 2.20. The van der Waals surface area contributed by atoms with Crippen molar-refractivity contribution in [2.75, 3.05) is 5.32 Å². The van der Waals surface area contributed by atoms with Gasteiger partial charge in [-0.3, -0.25) is 0 Å². The number of carboxylic acid groups (broad SMARTS) is 1. The van der Waals surface area contributed by atoms with Crippen molar-refractivity contribution >= 4 is 29.1 Å². The third-order valence-corrected chi connectivity index (χ3v) is 2.49. The quantitative estimate of drug-likeness (QED) is 0.895. The predicted octanol–water partition coefficient (Wildman–Crippen LogP) is 3.32. The lowest BCUT2D eigenvalue weighted by molar-refractivity contribution is 0.0697. The zero-order valence-electron chi connectivity index (χ0n) is 9.02. The van der Waals surface area contributed by atoms with Gasteiger partial charge in [-0.25, -0.2) is 14.2 Å². The van der Waals surface area contributed by atoms with Gasteiger partial charge in [-0.2, -0.15) is 0 Å². The maximum Gasteiger partial charge on any atom is 0.335 e. The normalized spacial score (nSPS) is 10.1. The average Bonchev–Trinajstić information content (AvgIpc) is 2.34. The van der Waals surface area contributed by atoms with Crippen LogP contribution in [-0.2, 0) is 0 Å². The van der Waals surface area contributed by atoms with Gasteiger partial charge in [-0.15, -0.1) is 0 Å². The van der Waals surface area contributed by atoms with Crippen LogP contribution in [0.2, 0.25) is 5.02 Å². The highest BCUT2D eigenvalue weighted by Crippen LogP contribution is 2.22. The Kier molecular flexibility index (Phi) is 3.43. The molecular weight excluding hydrogens is 259 g/mol. The largest absolute Gasteiger partial charge is 0.478 e. The highest BCUT2D eigenvalue weighted by atomic mass is 35.5. The summed E-state index contributed by atoms with van der Waals surface area (Å²) in [5.41, 5.74) is 0.636. The number of aromatic carboxylic acids is 1. The van der Waals surface area contributed by atoms with Crippen molar-refractivity contribution in [1.29, 1.82) is 0 Å². The van der Waals surface area contributed by atoms with E-state index in [0.717, 1.165) is 0 Å². The van der Waals surface area contributed by atoms with Gasteiger partial charge in [-0.1, -0.05) is 11.6 Å². The van der Waals surface area contributed by atoms with Crippen LogP contribution in [0.3, 0.4) is 0 Å². The number of hydrogen-bond donors (Lipinski definition) is 2. The number of nitrogens with zero attached hydrogens (tertiary/aromatic N) is 1. The van der Waals surface area contributed by atoms with Gasteiger partial charge in [0.15, 0.2) is 0 Å². The lowest BCUT2D eigenvalue weighted by Gasteiger charge is -2.06. The van der Waals surface area contributed by atoms with Gasteiger partial charge in [0, 0.05) is 11.9 Å². The molecule has 1 heterocycles. The first-order valence-electron chi connectivity index (χ1n) is 4.97. The van der Waals surface area contributed by atoms with Crippen LogP contribution in [0.4, 0.5) is 15.9 Å². The molecular formula is C12H8ClFN2O2. The maximum absolute atomic E-state index is 13.0. The van der Waals surface area contributed by atoms with E-state index in [-0.39, 0.29) is 10.6 Å². The van der Waals surface area contributed by atoms with Crippen molar-refractivity contribution in [2.45, 2.75) is 0 Å². The number of benzene rings is 1. The molecule has 0 saturated carbocycles. The number of anilines is 2. The highest BCUT2D eigenvalue weighted by Gasteiger charge is 2.05. The van der Waals surface area contributed by atoms with E-state index in [0.29, 0.717) is 11.5 Å². The van der Waals surface area contributed by atoms with E-state index in [9.17, 15) is 9.18 Å². The Morgan fingerprint density at radius 2 is 2.11 bits per heavy atom. The molecule has 2 aromatic rings. The van der Waals surface area contributed by atoms with E-state index in [1.165, 1.54) is 36.5 Å². The minimum Gasteiger partial charge on any atom is -0.478 e. The van der Waals surface area contributed by atoms with Gasteiger partial charge in [-0.05, 0) is 30.3 Å². The Bertz CT molecular complexity index is 604. The van der Waals surface area contributed by atoms with E-state index < -0.39 is 11.8 Å². The average molecular weight is 267 g/mol. The predicted molar refractivity (Wildman–Crippen MR) is 65.9 cm³/mol. The van der Waals surface area contributed by atoms with E-state index in [2.05, 4.69) is 10.3 Å². The topological polar surface area (TPSA) is 62.2 Å². The lowest BCUT2D eigenvalue weighted by Crippen LogP contribution is -1.99. The molecule has 0 fully saturated rings. The minimum absolute atomic E-state index is 0.0191. The summed E-state index contributed by atoms with van der Waals surface area (Å²) in [6.45, 7) is 0. The second kappa shape index (κ2) is 5.01. The van der Waals surface area contributed by atoms with E-state index in [1.54, 1.807) is 0 Å². The number of pyridine rings is 1. The van der Waals surface area contributed by atoms with Crippen LogP contribution in [0.1, 0.15) is 10.4 Å². The van der Waals surface area contributed by atoms with E-state index in [4.69, 9.17) is 16.7 Å². The van der Waals surface area contributed by atoms with Crippen molar-refractivity contribution in [2.24, 2.45) is 0 Å². The molecule has 0 spiro atoms. The zero-order valence-corrected chi connectivity index (χ0v) is 9.78. The number of hydrogen-bond acceptors (Lipinski definition) is 3. The van der Waals surface area contributed by atoms with Crippen LogP contribution in [0.15, 0.2) is 36.5 Å². The molecule has 0 saturated heterocycles. The van der Waals surface area contributed by atoms with Crippen LogP contribution in [0, 0.1) is 5.82 Å². The number of halogens is 2. The molecule has 2 rings (SSSR count). The summed E-state index contributed by atoms with van der Waals surface area (Å²) < 4.78 is 13.0. The fourth-order valence-corrected chi connectivity index (χ4v) is 1.53. The minimum atomic E-state index is -1.04. The second-order valence-electron chi connectivity index (χ2n) is 3.49. The molecule has 0 amide bonds. The SMILES string of the molecule is O=C(O)c1ccnc(Nc2ccc(F)c(Cl)c2)c1. The summed E-state index contributed by atoms with van der Waals surface area (Å²) in [7, 11) is 0. The third kappa shape index (κ3) is 2.75. The zero-order chi connectivity index (χ0) is 13.1. The highest BCUT2D eigenvalue weighted by molar-refractivity contribution is 6.31. The number of nitrogens with one attached hydrogen (secondary N) is 1. The van der Waals surface area contributed by atoms with Crippen molar-refractivity contribution in [3.05, 3.63) is 52.9 Å². The van der Waals surface area contributed by atoms with Gasteiger partial charge >= 0.3 is 5.97 Å². The first-order chi connectivity index (χ1) is 8.56. The van der Waals surface area contributed by atoms with Crippen LogP contribution < -0.4 is 5.32 Å². The molecule has 4 nitrogen and oxygen atoms in total. The second-order valence-corrected chi connectivity index (χ2v) is 3.90. The molecule has 18 heavy (non-hydrogen) atoms. The molecule has 92 valence electrons. The molecule has 1 aromatic carbocycles. The Hall–Kier alpha value is -2.14. The molecule has 0 radical (unpaired) electrons. The Morgan fingerprint density at radius 3 is 2.78 bits per heavy atom. The molecule has 0 unspecified atom stereocenters. The van der Waals surface area contributed by atoms with E-state index >= 15 is 0 Å². The van der Waals surface area contributed by atoms with Gasteiger partial charge in [0.05, 0.1) is 10.6 Å². The molecule has 1 aromatic heterocycles. The van der Waals surface area contributed by atoms with Crippen molar-refractivity contribution in [3.63, 3.8) is 0 Å². The summed E-state index contributed by atoms with van der Waals surface area (Å²) in [4.78, 5) is 14.7. The van der Waals surface area contributed by atoms with E-state index in [1.807, 2.05) is 0 Å². The molecule has 0 aliphatic heterocycles. The summed E-state index contributed by atoms with van der Waals surface area (Å²) in [6.07, 6.45) is 1.37. The number of aromatic nitrogens is 1. The van der Waals surface area contributed by atoms with Crippen LogP contribution in [0.5, 0.6) is 0 Å². The molecule has 0 atom stereocenters. The number of carboxylic acids is 1. The smallest absolute Gasteiger partial charge is 0.335 e. The Morgan fingerprint density at radius 1 is 1.33 bits per heavy atom. The number of carbonyl (C=O) groups is 1. The first kappa shape index (κ1) is 12.3. The molecule has 0 aliphatic carbocycles. The van der Waals surface area contributed by atoms with Crippen molar-refractivity contribution in [3.8, 4) is 0 Å². The molecule has 0 bridgehead atoms. The monoisotopic (exact) mass is 266 g/mol. The molecule has 2 N–H and O–H groups in total.